The van der Waals surface area contributed by atoms with E-state index in [9.17, 15) is 9.59 Å². The summed E-state index contributed by atoms with van der Waals surface area (Å²) in [5.41, 5.74) is 4.92. The van der Waals surface area contributed by atoms with Crippen LogP contribution in [0.1, 0.15) is 59.9 Å². The lowest BCUT2D eigenvalue weighted by atomic mass is 9.87. The summed E-state index contributed by atoms with van der Waals surface area (Å²) in [4.78, 5) is 36.2. The number of carbonyl (C=O) groups is 1. The van der Waals surface area contributed by atoms with Crippen molar-refractivity contribution in [3.05, 3.63) is 74.4 Å². The summed E-state index contributed by atoms with van der Waals surface area (Å²) in [7, 11) is 0. The third-order valence-electron chi connectivity index (χ3n) is 7.45. The average Bonchev–Trinajstić information content (AvgIpc) is 3.39. The van der Waals surface area contributed by atoms with Crippen LogP contribution in [0.4, 0.5) is 5.69 Å². The fourth-order valence-corrected chi connectivity index (χ4v) is 5.77. The largest absolute Gasteiger partial charge is 0.381 e. The van der Waals surface area contributed by atoms with Crippen molar-refractivity contribution in [1.82, 2.24) is 14.4 Å². The van der Waals surface area contributed by atoms with Gasteiger partial charge >= 0.3 is 0 Å². The van der Waals surface area contributed by atoms with Gasteiger partial charge in [0, 0.05) is 47.4 Å². The van der Waals surface area contributed by atoms with Gasteiger partial charge in [0.05, 0.1) is 17.2 Å². The van der Waals surface area contributed by atoms with Gasteiger partial charge < -0.3 is 14.6 Å². The van der Waals surface area contributed by atoms with E-state index in [-0.39, 0.29) is 22.8 Å². The summed E-state index contributed by atoms with van der Waals surface area (Å²) < 4.78 is 7.48. The summed E-state index contributed by atoms with van der Waals surface area (Å²) in [6, 6.07) is 9.48. The minimum atomic E-state index is -0.215. The number of rotatable bonds is 2. The molecule has 1 amide bonds. The number of anilines is 1. The molecule has 0 unspecified atom stereocenters. The lowest BCUT2D eigenvalue weighted by Crippen LogP contribution is -2.34. The summed E-state index contributed by atoms with van der Waals surface area (Å²) in [6.07, 6.45) is 3.39. The van der Waals surface area contributed by atoms with Crippen molar-refractivity contribution < 1.29 is 9.53 Å². The highest BCUT2D eigenvalue weighted by molar-refractivity contribution is 6.30. The van der Waals surface area contributed by atoms with Gasteiger partial charge in [-0.15, -0.1) is 0 Å². The van der Waals surface area contributed by atoms with Crippen LogP contribution in [-0.2, 0) is 10.2 Å². The SMILES string of the molecule is Cc1cc2c(cc1C(=O)N1CC(C)(C)c3cc(Cl)ccc31)[nH]c(=O)c1cnc(C3CCOCC3)n12. The highest BCUT2D eigenvalue weighted by Crippen LogP contribution is 2.42. The molecule has 7 nitrogen and oxygen atoms in total. The number of H-pyrrole nitrogens is 1. The molecule has 0 aliphatic carbocycles. The maximum Gasteiger partial charge on any atom is 0.274 e. The predicted molar refractivity (Wildman–Crippen MR) is 137 cm³/mol. The van der Waals surface area contributed by atoms with E-state index in [1.165, 1.54) is 0 Å². The molecule has 1 fully saturated rings. The number of aryl methyl sites for hydroxylation is 1. The van der Waals surface area contributed by atoms with Gasteiger partial charge in [-0.05, 0) is 61.2 Å². The molecule has 0 saturated carbocycles. The zero-order valence-corrected chi connectivity index (χ0v) is 20.8. The Bertz CT molecular complexity index is 1560. The zero-order valence-electron chi connectivity index (χ0n) is 20.0. The number of hydrogen-bond acceptors (Lipinski definition) is 4. The van der Waals surface area contributed by atoms with Crippen molar-refractivity contribution in [2.45, 2.75) is 44.9 Å². The molecule has 1 N–H and O–H groups in total. The Labute approximate surface area is 207 Å². The minimum Gasteiger partial charge on any atom is -0.381 e. The number of carbonyl (C=O) groups excluding carboxylic acids is 1. The first kappa shape index (κ1) is 22.3. The van der Waals surface area contributed by atoms with Crippen LogP contribution < -0.4 is 10.5 Å². The molecule has 180 valence electrons. The zero-order chi connectivity index (χ0) is 24.5. The third-order valence-corrected chi connectivity index (χ3v) is 7.68. The highest BCUT2D eigenvalue weighted by Gasteiger charge is 2.38. The smallest absolute Gasteiger partial charge is 0.274 e. The highest BCUT2D eigenvalue weighted by atomic mass is 35.5. The first-order valence-corrected chi connectivity index (χ1v) is 12.4. The molecule has 8 heteroatoms. The maximum atomic E-state index is 13.8. The Morgan fingerprint density at radius 1 is 1.17 bits per heavy atom. The topological polar surface area (TPSA) is 79.7 Å². The number of amides is 1. The van der Waals surface area contributed by atoms with Gasteiger partial charge in [0.15, 0.2) is 0 Å². The normalized spacial score (nSPS) is 17.9. The molecular weight excluding hydrogens is 464 g/mol. The molecule has 2 aromatic heterocycles. The Kier molecular flexibility index (Phi) is 5.06. The van der Waals surface area contributed by atoms with Crippen LogP contribution in [0, 0.1) is 6.92 Å². The quantitative estimate of drug-likeness (QED) is 0.430. The Morgan fingerprint density at radius 3 is 2.71 bits per heavy atom. The molecular formula is C27H27ClN4O3. The second-order valence-corrected chi connectivity index (χ2v) is 10.7. The molecule has 2 aliphatic heterocycles. The molecule has 1 saturated heterocycles. The van der Waals surface area contributed by atoms with E-state index < -0.39 is 0 Å². The predicted octanol–water partition coefficient (Wildman–Crippen LogP) is 4.97. The van der Waals surface area contributed by atoms with Crippen molar-refractivity contribution in [3.8, 4) is 0 Å². The molecule has 0 bridgehead atoms. The Hall–Kier alpha value is -3.16. The monoisotopic (exact) mass is 490 g/mol. The van der Waals surface area contributed by atoms with Gasteiger partial charge in [0.1, 0.15) is 11.3 Å². The van der Waals surface area contributed by atoms with Gasteiger partial charge in [-0.2, -0.15) is 0 Å². The summed E-state index contributed by atoms with van der Waals surface area (Å²) in [6.45, 7) is 8.12. The van der Waals surface area contributed by atoms with Crippen molar-refractivity contribution in [1.29, 1.82) is 0 Å². The molecule has 2 aromatic carbocycles. The number of aromatic nitrogens is 3. The number of hydrogen-bond donors (Lipinski definition) is 1. The van der Waals surface area contributed by atoms with E-state index in [0.29, 0.717) is 41.4 Å². The van der Waals surface area contributed by atoms with Crippen LogP contribution in [0.15, 0.2) is 41.3 Å². The average molecular weight is 491 g/mol. The standard InChI is InChI=1S/C27H27ClN4O3/c1-15-10-22-20(30-25(33)23-13-29-24(32(22)23)16-6-8-35-9-7-16)12-18(15)26(34)31-14-27(2,3)19-11-17(28)4-5-21(19)31/h4-5,10-13,16H,6-9,14H2,1-3H3,(H,30,33). The lowest BCUT2D eigenvalue weighted by Gasteiger charge is -2.23. The van der Waals surface area contributed by atoms with Crippen LogP contribution in [-0.4, -0.2) is 40.0 Å². The Morgan fingerprint density at radius 2 is 1.94 bits per heavy atom. The number of nitrogens with zero attached hydrogens (tertiary/aromatic N) is 3. The van der Waals surface area contributed by atoms with Gasteiger partial charge in [0.2, 0.25) is 0 Å². The van der Waals surface area contributed by atoms with Crippen molar-refractivity contribution in [2.24, 2.45) is 0 Å². The fourth-order valence-electron chi connectivity index (χ4n) is 5.60. The van der Waals surface area contributed by atoms with Gasteiger partial charge in [-0.3, -0.25) is 14.0 Å². The van der Waals surface area contributed by atoms with Crippen LogP contribution in [0.2, 0.25) is 5.02 Å². The molecule has 2 aliphatic rings. The molecule has 4 aromatic rings. The summed E-state index contributed by atoms with van der Waals surface area (Å²) in [5.74, 6) is 1.02. The van der Waals surface area contributed by atoms with Crippen molar-refractivity contribution in [3.63, 3.8) is 0 Å². The molecule has 0 radical (unpaired) electrons. The first-order valence-electron chi connectivity index (χ1n) is 12.0. The lowest BCUT2D eigenvalue weighted by molar-refractivity contribution is 0.0835. The van der Waals surface area contributed by atoms with Crippen LogP contribution in [0.25, 0.3) is 16.6 Å². The Balaban J connectivity index is 1.48. The third kappa shape index (κ3) is 3.48. The van der Waals surface area contributed by atoms with Crippen LogP contribution in [0.3, 0.4) is 0 Å². The number of imidazole rings is 1. The van der Waals surface area contributed by atoms with Gasteiger partial charge in [0.25, 0.3) is 11.5 Å². The van der Waals surface area contributed by atoms with Crippen LogP contribution >= 0.6 is 11.6 Å². The second-order valence-electron chi connectivity index (χ2n) is 10.3. The summed E-state index contributed by atoms with van der Waals surface area (Å²) >= 11 is 6.26. The molecule has 4 heterocycles. The summed E-state index contributed by atoms with van der Waals surface area (Å²) in [5, 5.41) is 0.662. The fraction of sp³-hybridized carbons (Fsp3) is 0.370. The maximum absolute atomic E-state index is 13.8. The molecule has 0 spiro atoms. The van der Waals surface area contributed by atoms with Gasteiger partial charge in [-0.1, -0.05) is 25.4 Å². The van der Waals surface area contributed by atoms with E-state index in [2.05, 4.69) is 23.8 Å². The number of halogens is 1. The number of nitrogens with one attached hydrogen (secondary N) is 1. The number of benzene rings is 2. The van der Waals surface area contributed by atoms with E-state index in [1.807, 2.05) is 46.6 Å². The van der Waals surface area contributed by atoms with E-state index in [1.54, 1.807) is 6.20 Å². The van der Waals surface area contributed by atoms with Crippen LogP contribution in [0.5, 0.6) is 0 Å². The molecule has 0 atom stereocenters. The van der Waals surface area contributed by atoms with E-state index in [4.69, 9.17) is 16.3 Å². The number of ether oxygens (including phenoxy) is 1. The number of aromatic amines is 1. The van der Waals surface area contributed by atoms with E-state index in [0.717, 1.165) is 41.0 Å². The number of fused-ring (bicyclic) bond motifs is 4. The second kappa shape index (κ2) is 7.93. The van der Waals surface area contributed by atoms with Gasteiger partial charge in [-0.25, -0.2) is 4.98 Å². The minimum absolute atomic E-state index is 0.0882. The van der Waals surface area contributed by atoms with Crippen molar-refractivity contribution >= 4 is 39.7 Å². The first-order chi connectivity index (χ1) is 16.7. The van der Waals surface area contributed by atoms with Crippen molar-refractivity contribution in [2.75, 3.05) is 24.7 Å². The molecule has 6 rings (SSSR count). The molecule has 35 heavy (non-hydrogen) atoms. The van der Waals surface area contributed by atoms with E-state index >= 15 is 0 Å².